The van der Waals surface area contributed by atoms with Gasteiger partial charge in [0, 0.05) is 72.1 Å². The number of hydrogen-bond acceptors (Lipinski definition) is 8. The van der Waals surface area contributed by atoms with Gasteiger partial charge in [-0.1, -0.05) is 53.0 Å². The number of hydrogen-bond donors (Lipinski definition) is 5. The predicted octanol–water partition coefficient (Wildman–Crippen LogP) is 6.11. The minimum absolute atomic E-state index is 0.0663. The van der Waals surface area contributed by atoms with Gasteiger partial charge in [0.25, 0.3) is 0 Å². The van der Waals surface area contributed by atoms with E-state index in [1.807, 2.05) is 12.1 Å². The molecule has 5 rings (SSSR count). The Morgan fingerprint density at radius 1 is 1.02 bits per heavy atom. The van der Waals surface area contributed by atoms with Crippen LogP contribution in [0.4, 0.5) is 15.8 Å². The quantitative estimate of drug-likeness (QED) is 0.108. The fourth-order valence-electron chi connectivity index (χ4n) is 5.10. The molecule has 13 heteroatoms. The summed E-state index contributed by atoms with van der Waals surface area (Å²) in [6, 6.07) is 13.9. The lowest BCUT2D eigenvalue weighted by molar-refractivity contribution is -0.119. The molecule has 1 aliphatic heterocycles. The zero-order valence-corrected chi connectivity index (χ0v) is 26.7. The summed E-state index contributed by atoms with van der Waals surface area (Å²) in [7, 11) is 1.56. The molecule has 1 fully saturated rings. The van der Waals surface area contributed by atoms with Gasteiger partial charge in [-0.05, 0) is 36.8 Å². The molecule has 0 spiro atoms. The third-order valence-electron chi connectivity index (χ3n) is 7.33. The summed E-state index contributed by atoms with van der Waals surface area (Å²) >= 11 is 20.0. The van der Waals surface area contributed by atoms with Gasteiger partial charge in [-0.25, -0.2) is 9.37 Å². The zero-order valence-electron chi connectivity index (χ0n) is 24.4. The maximum absolute atomic E-state index is 15.3. The summed E-state index contributed by atoms with van der Waals surface area (Å²) in [4.78, 5) is 20.7. The molecule has 9 nitrogen and oxygen atoms in total. The van der Waals surface area contributed by atoms with E-state index >= 15 is 4.39 Å². The number of halogens is 4. The van der Waals surface area contributed by atoms with Gasteiger partial charge < -0.3 is 31.1 Å². The highest BCUT2D eigenvalue weighted by Gasteiger charge is 2.21. The maximum atomic E-state index is 15.3. The van der Waals surface area contributed by atoms with E-state index in [2.05, 4.69) is 26.3 Å². The van der Waals surface area contributed by atoms with Gasteiger partial charge in [-0.2, -0.15) is 0 Å². The van der Waals surface area contributed by atoms with E-state index in [0.29, 0.717) is 75.7 Å². The van der Waals surface area contributed by atoms with E-state index in [1.54, 1.807) is 37.6 Å². The van der Waals surface area contributed by atoms with Gasteiger partial charge in [-0.3, -0.25) is 9.78 Å². The Morgan fingerprint density at radius 3 is 2.60 bits per heavy atom. The highest BCUT2D eigenvalue weighted by molar-refractivity contribution is 6.39. The van der Waals surface area contributed by atoms with E-state index in [4.69, 9.17) is 49.6 Å². The topological polar surface area (TPSA) is 120 Å². The van der Waals surface area contributed by atoms with Gasteiger partial charge >= 0.3 is 0 Å². The summed E-state index contributed by atoms with van der Waals surface area (Å²) in [5, 5.41) is 22.3. The van der Waals surface area contributed by atoms with Gasteiger partial charge in [0.2, 0.25) is 11.8 Å². The van der Waals surface area contributed by atoms with Crippen LogP contribution in [0.25, 0.3) is 22.5 Å². The Labute approximate surface area is 275 Å². The van der Waals surface area contributed by atoms with Crippen molar-refractivity contribution in [3.63, 3.8) is 0 Å². The Hall–Kier alpha value is -3.51. The Bertz CT molecular complexity index is 1690. The van der Waals surface area contributed by atoms with E-state index in [0.717, 1.165) is 12.0 Å². The molecule has 1 atom stereocenters. The second kappa shape index (κ2) is 15.2. The molecular weight excluding hydrogens is 642 g/mol. The first-order valence-electron chi connectivity index (χ1n) is 14.3. The molecule has 0 aliphatic carbocycles. The number of rotatable bonds is 13. The van der Waals surface area contributed by atoms with E-state index < -0.39 is 5.82 Å². The molecule has 2 aromatic carbocycles. The van der Waals surface area contributed by atoms with Gasteiger partial charge in [0.1, 0.15) is 0 Å². The third kappa shape index (κ3) is 7.84. The second-order valence-corrected chi connectivity index (χ2v) is 11.6. The summed E-state index contributed by atoms with van der Waals surface area (Å²) in [6.07, 6.45) is 2.99. The number of benzene rings is 2. The molecule has 1 saturated heterocycles. The van der Waals surface area contributed by atoms with E-state index in [9.17, 15) is 4.79 Å². The van der Waals surface area contributed by atoms with Crippen LogP contribution in [0, 0.1) is 5.82 Å². The van der Waals surface area contributed by atoms with Crippen LogP contribution >= 0.6 is 34.8 Å². The third-order valence-corrected chi connectivity index (χ3v) is 8.34. The van der Waals surface area contributed by atoms with Crippen molar-refractivity contribution >= 4 is 52.1 Å². The van der Waals surface area contributed by atoms with Crippen molar-refractivity contribution in [3.05, 3.63) is 86.7 Å². The van der Waals surface area contributed by atoms with Gasteiger partial charge in [-0.15, -0.1) is 0 Å². The van der Waals surface area contributed by atoms with Crippen molar-refractivity contribution in [2.24, 2.45) is 0 Å². The van der Waals surface area contributed by atoms with Crippen LogP contribution in [0.5, 0.6) is 5.88 Å². The standard InChI is InChI=1S/C32H32Cl3FN6O3/c1-45-32-18(15-38-17-21-6-8-27(44)40-21)5-7-24(42-32)22-9-10-39-31(29(22)35)23-3-2-4-25(28(23)34)41-26-14-20(33)13-19(30(26)36)16-37-11-12-43/h2-5,7,9-10,13-14,21,37-38,41,43H,6,8,11-12,15-17H2,1H3,(H,40,44). The first kappa shape index (κ1) is 32.9. The molecule has 4 aromatic rings. The van der Waals surface area contributed by atoms with Gasteiger partial charge in [0.15, 0.2) is 5.82 Å². The summed E-state index contributed by atoms with van der Waals surface area (Å²) in [5.41, 5.74) is 3.95. The number of aliphatic hydroxyl groups is 1. The Morgan fingerprint density at radius 2 is 1.84 bits per heavy atom. The van der Waals surface area contributed by atoms with Gasteiger partial charge in [0.05, 0.1) is 46.5 Å². The van der Waals surface area contributed by atoms with Crippen molar-refractivity contribution in [3.8, 4) is 28.4 Å². The molecule has 236 valence electrons. The number of amides is 1. The molecule has 45 heavy (non-hydrogen) atoms. The molecule has 5 N–H and O–H groups in total. The molecule has 1 amide bonds. The lowest BCUT2D eigenvalue weighted by Crippen LogP contribution is -2.35. The van der Waals surface area contributed by atoms with Crippen molar-refractivity contribution in [1.29, 1.82) is 0 Å². The number of pyridine rings is 2. The zero-order chi connectivity index (χ0) is 31.9. The lowest BCUT2D eigenvalue weighted by atomic mass is 10.0. The number of carbonyl (C=O) groups excluding carboxylic acids is 1. The van der Waals surface area contributed by atoms with Crippen LogP contribution in [0.15, 0.2) is 54.7 Å². The number of aliphatic hydroxyl groups excluding tert-OH is 1. The number of anilines is 2. The highest BCUT2D eigenvalue weighted by atomic mass is 35.5. The van der Waals surface area contributed by atoms with Crippen LogP contribution in [0.2, 0.25) is 15.1 Å². The van der Waals surface area contributed by atoms with Crippen molar-refractivity contribution in [2.75, 3.05) is 32.1 Å². The predicted molar refractivity (Wildman–Crippen MR) is 176 cm³/mol. The average molecular weight is 674 g/mol. The monoisotopic (exact) mass is 672 g/mol. The SMILES string of the molecule is COc1nc(-c2ccnc(-c3cccc(Nc4cc(Cl)cc(CNCCO)c4F)c3Cl)c2Cl)ccc1CNCC1CCC(=O)N1. The maximum Gasteiger partial charge on any atom is 0.220 e. The number of aromatic nitrogens is 2. The van der Waals surface area contributed by atoms with Crippen LogP contribution in [-0.4, -0.2) is 53.8 Å². The Balaban J connectivity index is 1.38. The Kier molecular flexibility index (Phi) is 11.1. The second-order valence-electron chi connectivity index (χ2n) is 10.4. The van der Waals surface area contributed by atoms with E-state index in [-0.39, 0.29) is 35.8 Å². The summed E-state index contributed by atoms with van der Waals surface area (Å²) < 4.78 is 20.9. The average Bonchev–Trinajstić information content (AvgIpc) is 3.45. The van der Waals surface area contributed by atoms with Crippen LogP contribution < -0.4 is 26.0 Å². The minimum Gasteiger partial charge on any atom is -0.481 e. The number of methoxy groups -OCH3 is 1. The van der Waals surface area contributed by atoms with Crippen molar-refractivity contribution in [1.82, 2.24) is 25.9 Å². The smallest absolute Gasteiger partial charge is 0.220 e. The van der Waals surface area contributed by atoms with Crippen molar-refractivity contribution in [2.45, 2.75) is 32.0 Å². The lowest BCUT2D eigenvalue weighted by Gasteiger charge is -2.16. The van der Waals surface area contributed by atoms with Crippen LogP contribution in [-0.2, 0) is 17.9 Å². The largest absolute Gasteiger partial charge is 0.481 e. The molecule has 1 aliphatic rings. The minimum atomic E-state index is -0.492. The van der Waals surface area contributed by atoms with Crippen LogP contribution in [0.1, 0.15) is 24.0 Å². The number of ether oxygens (including phenoxy) is 1. The molecule has 1 unspecified atom stereocenters. The van der Waals surface area contributed by atoms with Crippen LogP contribution in [0.3, 0.4) is 0 Å². The number of nitrogens with one attached hydrogen (secondary N) is 4. The number of nitrogens with zero attached hydrogens (tertiary/aromatic N) is 2. The molecule has 0 radical (unpaired) electrons. The molecule has 3 heterocycles. The molecular formula is C32H32Cl3FN6O3. The highest BCUT2D eigenvalue weighted by Crippen LogP contribution is 2.41. The summed E-state index contributed by atoms with van der Waals surface area (Å²) in [6.45, 7) is 1.61. The van der Waals surface area contributed by atoms with Crippen molar-refractivity contribution < 1.29 is 19.0 Å². The fourth-order valence-corrected chi connectivity index (χ4v) is 5.91. The van der Waals surface area contributed by atoms with E-state index in [1.165, 1.54) is 12.1 Å². The normalized spacial score (nSPS) is 14.4. The summed E-state index contributed by atoms with van der Waals surface area (Å²) in [5.74, 6) is 0.0351. The molecule has 0 saturated carbocycles. The molecule has 2 aromatic heterocycles. The number of carbonyl (C=O) groups is 1. The fraction of sp³-hybridized carbons (Fsp3) is 0.281. The first-order valence-corrected chi connectivity index (χ1v) is 15.5. The first-order chi connectivity index (χ1) is 21.8. The molecule has 0 bridgehead atoms.